The molecule has 0 bridgehead atoms. The Morgan fingerprint density at radius 2 is 2.05 bits per heavy atom. The molecule has 1 heterocycles. The van der Waals surface area contributed by atoms with Crippen LogP contribution in [0.1, 0.15) is 35.7 Å². The monoisotopic (exact) mass is 321 g/mol. The minimum absolute atomic E-state index is 0.00435. The van der Waals surface area contributed by atoms with Gasteiger partial charge in [-0.15, -0.1) is 0 Å². The molecule has 1 fully saturated rings. The lowest BCUT2D eigenvalue weighted by atomic mass is 9.97. The number of carbonyl (C=O) groups is 2. The Hall–Kier alpha value is -1.49. The van der Waals surface area contributed by atoms with Crippen LogP contribution in [0.2, 0.25) is 0 Å². The van der Waals surface area contributed by atoms with Crippen molar-refractivity contribution in [3.8, 4) is 0 Å². The Bertz CT molecular complexity index is 515. The highest BCUT2D eigenvalue weighted by molar-refractivity contribution is 7.97. The topological polar surface area (TPSA) is 46.6 Å². The molecule has 1 aromatic carbocycles. The van der Waals surface area contributed by atoms with E-state index in [-0.39, 0.29) is 17.8 Å². The third-order valence-electron chi connectivity index (χ3n) is 3.84. The summed E-state index contributed by atoms with van der Waals surface area (Å²) < 4.78 is 5.08. The summed E-state index contributed by atoms with van der Waals surface area (Å²) in [7, 11) is 0. The number of piperidine rings is 1. The fourth-order valence-corrected chi connectivity index (χ4v) is 3.23. The van der Waals surface area contributed by atoms with E-state index in [1.807, 2.05) is 24.3 Å². The molecule has 1 atom stereocenters. The molecular weight excluding hydrogens is 298 g/mol. The van der Waals surface area contributed by atoms with Crippen LogP contribution < -0.4 is 0 Å². The van der Waals surface area contributed by atoms with Gasteiger partial charge in [0.05, 0.1) is 12.5 Å². The summed E-state index contributed by atoms with van der Waals surface area (Å²) in [6.07, 6.45) is 3.71. The van der Waals surface area contributed by atoms with E-state index < -0.39 is 0 Å². The number of amides is 1. The van der Waals surface area contributed by atoms with Crippen molar-refractivity contribution in [3.63, 3.8) is 0 Å². The third kappa shape index (κ3) is 4.26. The lowest BCUT2D eigenvalue weighted by molar-refractivity contribution is -0.149. The Balaban J connectivity index is 2.00. The number of thioether (sulfide) groups is 1. The molecule has 0 saturated carbocycles. The van der Waals surface area contributed by atoms with E-state index in [9.17, 15) is 9.59 Å². The standard InChI is InChI=1S/C17H23NO3S/c1-3-21-17(20)15-5-4-10-18(11-15)16(19)14-8-6-13(7-9-14)12-22-2/h6-9,15H,3-5,10-12H2,1-2H3/t15-/m0/s1. The summed E-state index contributed by atoms with van der Waals surface area (Å²) in [6.45, 7) is 3.37. The Labute approximate surface area is 136 Å². The minimum atomic E-state index is -0.187. The molecule has 0 aromatic heterocycles. The first-order valence-corrected chi connectivity index (χ1v) is 9.09. The van der Waals surface area contributed by atoms with Gasteiger partial charge >= 0.3 is 5.97 Å². The summed E-state index contributed by atoms with van der Waals surface area (Å²) in [5, 5.41) is 0. The van der Waals surface area contributed by atoms with Gasteiger partial charge < -0.3 is 9.64 Å². The Kier molecular flexibility index (Phi) is 6.31. The van der Waals surface area contributed by atoms with Crippen LogP contribution in [-0.4, -0.2) is 42.7 Å². The fraction of sp³-hybridized carbons (Fsp3) is 0.529. The molecule has 1 saturated heterocycles. The zero-order chi connectivity index (χ0) is 15.9. The van der Waals surface area contributed by atoms with Crippen LogP contribution in [0.25, 0.3) is 0 Å². The van der Waals surface area contributed by atoms with Crippen LogP contribution in [0, 0.1) is 5.92 Å². The highest BCUT2D eigenvalue weighted by atomic mass is 32.2. The maximum absolute atomic E-state index is 12.6. The highest BCUT2D eigenvalue weighted by Gasteiger charge is 2.29. The first kappa shape index (κ1) is 16.9. The fourth-order valence-electron chi connectivity index (χ4n) is 2.71. The molecule has 2 rings (SSSR count). The first-order valence-electron chi connectivity index (χ1n) is 7.69. The number of likely N-dealkylation sites (tertiary alicyclic amines) is 1. The average molecular weight is 321 g/mol. The predicted octanol–water partition coefficient (Wildman–Crippen LogP) is 2.96. The van der Waals surface area contributed by atoms with Crippen molar-refractivity contribution in [2.24, 2.45) is 5.92 Å². The van der Waals surface area contributed by atoms with Crippen LogP contribution in [0.4, 0.5) is 0 Å². The van der Waals surface area contributed by atoms with Gasteiger partial charge in [-0.2, -0.15) is 11.8 Å². The highest BCUT2D eigenvalue weighted by Crippen LogP contribution is 2.20. The average Bonchev–Trinajstić information content (AvgIpc) is 2.55. The summed E-state index contributed by atoms with van der Waals surface area (Å²) in [5.41, 5.74) is 1.90. The van der Waals surface area contributed by atoms with Crippen LogP contribution in [-0.2, 0) is 15.3 Å². The quantitative estimate of drug-likeness (QED) is 0.782. The number of hydrogen-bond acceptors (Lipinski definition) is 4. The van der Waals surface area contributed by atoms with Gasteiger partial charge in [0.2, 0.25) is 0 Å². The molecule has 0 unspecified atom stereocenters. The number of benzene rings is 1. The van der Waals surface area contributed by atoms with E-state index in [4.69, 9.17) is 4.74 Å². The number of carbonyl (C=O) groups excluding carboxylic acids is 2. The second-order valence-corrected chi connectivity index (χ2v) is 6.34. The number of nitrogens with zero attached hydrogens (tertiary/aromatic N) is 1. The summed E-state index contributed by atoms with van der Waals surface area (Å²) in [5.74, 6) is 0.580. The van der Waals surface area contributed by atoms with Gasteiger partial charge in [0, 0.05) is 24.4 Å². The van der Waals surface area contributed by atoms with E-state index >= 15 is 0 Å². The van der Waals surface area contributed by atoms with Gasteiger partial charge in [-0.25, -0.2) is 0 Å². The Morgan fingerprint density at radius 1 is 1.32 bits per heavy atom. The van der Waals surface area contributed by atoms with E-state index in [1.165, 1.54) is 5.56 Å². The molecule has 4 nitrogen and oxygen atoms in total. The molecule has 1 amide bonds. The Morgan fingerprint density at radius 3 is 2.68 bits per heavy atom. The third-order valence-corrected chi connectivity index (χ3v) is 4.46. The zero-order valence-corrected chi connectivity index (χ0v) is 14.0. The van der Waals surface area contributed by atoms with E-state index in [2.05, 4.69) is 6.26 Å². The van der Waals surface area contributed by atoms with E-state index in [1.54, 1.807) is 23.6 Å². The first-order chi connectivity index (χ1) is 10.7. The summed E-state index contributed by atoms with van der Waals surface area (Å²) >= 11 is 1.76. The second kappa shape index (κ2) is 8.22. The number of rotatable bonds is 5. The molecule has 5 heteroatoms. The van der Waals surface area contributed by atoms with Crippen molar-refractivity contribution in [2.75, 3.05) is 26.0 Å². The van der Waals surface area contributed by atoms with Gasteiger partial charge in [0.1, 0.15) is 0 Å². The van der Waals surface area contributed by atoms with Gasteiger partial charge in [-0.05, 0) is 43.7 Å². The maximum Gasteiger partial charge on any atom is 0.310 e. The summed E-state index contributed by atoms with van der Waals surface area (Å²) in [4.78, 5) is 26.2. The van der Waals surface area contributed by atoms with Crippen molar-refractivity contribution in [1.29, 1.82) is 0 Å². The van der Waals surface area contributed by atoms with Gasteiger partial charge in [-0.1, -0.05) is 12.1 Å². The van der Waals surface area contributed by atoms with Gasteiger partial charge in [0.25, 0.3) is 5.91 Å². The second-order valence-electron chi connectivity index (χ2n) is 5.47. The predicted molar refractivity (Wildman–Crippen MR) is 88.9 cm³/mol. The molecular formula is C17H23NO3S. The normalized spacial score (nSPS) is 18.1. The zero-order valence-electron chi connectivity index (χ0n) is 13.2. The van der Waals surface area contributed by atoms with Crippen molar-refractivity contribution < 1.29 is 14.3 Å². The molecule has 1 aliphatic rings. The van der Waals surface area contributed by atoms with Crippen LogP contribution in [0.5, 0.6) is 0 Å². The van der Waals surface area contributed by atoms with Crippen molar-refractivity contribution in [3.05, 3.63) is 35.4 Å². The van der Waals surface area contributed by atoms with Crippen LogP contribution >= 0.6 is 11.8 Å². The van der Waals surface area contributed by atoms with Crippen LogP contribution in [0.15, 0.2) is 24.3 Å². The minimum Gasteiger partial charge on any atom is -0.466 e. The molecule has 22 heavy (non-hydrogen) atoms. The number of esters is 1. The van der Waals surface area contributed by atoms with Crippen LogP contribution in [0.3, 0.4) is 0 Å². The lowest BCUT2D eigenvalue weighted by Gasteiger charge is -2.31. The molecule has 1 aromatic rings. The maximum atomic E-state index is 12.6. The molecule has 0 spiro atoms. The smallest absolute Gasteiger partial charge is 0.310 e. The number of ether oxygens (including phenoxy) is 1. The van der Waals surface area contributed by atoms with Crippen molar-refractivity contribution in [2.45, 2.75) is 25.5 Å². The molecule has 0 aliphatic carbocycles. The molecule has 0 radical (unpaired) electrons. The number of hydrogen-bond donors (Lipinski definition) is 0. The van der Waals surface area contributed by atoms with Crippen molar-refractivity contribution >= 4 is 23.6 Å². The van der Waals surface area contributed by atoms with Gasteiger partial charge in [-0.3, -0.25) is 9.59 Å². The largest absolute Gasteiger partial charge is 0.466 e. The molecule has 120 valence electrons. The van der Waals surface area contributed by atoms with E-state index in [0.717, 1.165) is 18.6 Å². The molecule has 1 aliphatic heterocycles. The lowest BCUT2D eigenvalue weighted by Crippen LogP contribution is -2.42. The van der Waals surface area contributed by atoms with E-state index in [0.29, 0.717) is 25.3 Å². The summed E-state index contributed by atoms with van der Waals surface area (Å²) in [6, 6.07) is 7.75. The SMILES string of the molecule is CCOC(=O)[C@H]1CCCN(C(=O)c2ccc(CSC)cc2)C1. The van der Waals surface area contributed by atoms with Gasteiger partial charge in [0.15, 0.2) is 0 Å². The molecule has 0 N–H and O–H groups in total. The van der Waals surface area contributed by atoms with Crippen molar-refractivity contribution in [1.82, 2.24) is 4.90 Å².